The standard InChI is InChI=1S/C25H37N5/c1-2-3-4-5-6-7-8-9-10-14-19-29-20-17-23(18-21-29)26-22-30-25-16-13-11-12-15-24(25)27-28-30/h11-12,15-18,20-21H,2-10,13-14,19,22H2,1H3/p+1. The first-order chi connectivity index (χ1) is 14.9. The fourth-order valence-electron chi connectivity index (χ4n) is 3.87. The summed E-state index contributed by atoms with van der Waals surface area (Å²) in [4.78, 5) is 0. The third-order valence-corrected chi connectivity index (χ3v) is 5.73. The summed E-state index contributed by atoms with van der Waals surface area (Å²) < 4.78 is 4.20. The minimum Gasteiger partial charge on any atom is -0.366 e. The number of aromatic nitrogens is 4. The van der Waals surface area contributed by atoms with Gasteiger partial charge in [-0.2, -0.15) is 0 Å². The largest absolute Gasteiger partial charge is 0.366 e. The van der Waals surface area contributed by atoms with Crippen LogP contribution in [0, 0.1) is 0 Å². The maximum absolute atomic E-state index is 4.26. The van der Waals surface area contributed by atoms with Gasteiger partial charge in [-0.15, -0.1) is 5.10 Å². The van der Waals surface area contributed by atoms with Gasteiger partial charge in [0.1, 0.15) is 18.6 Å². The molecule has 0 saturated carbocycles. The molecule has 3 rings (SSSR count). The summed E-state index contributed by atoms with van der Waals surface area (Å²) in [5.41, 5.74) is 1.11. The van der Waals surface area contributed by atoms with Crippen LogP contribution in [0.5, 0.6) is 0 Å². The number of hydrogen-bond acceptors (Lipinski definition) is 3. The number of nitrogens with one attached hydrogen (secondary N) is 1. The molecule has 1 N–H and O–H groups in total. The lowest BCUT2D eigenvalue weighted by atomic mass is 10.1. The average Bonchev–Trinajstić information content (AvgIpc) is 3.00. The summed E-state index contributed by atoms with van der Waals surface area (Å²) in [6.45, 7) is 4.00. The maximum atomic E-state index is 4.26. The smallest absolute Gasteiger partial charge is 0.170 e. The second-order valence-electron chi connectivity index (χ2n) is 8.24. The van der Waals surface area contributed by atoms with Gasteiger partial charge in [-0.05, 0) is 18.9 Å². The number of rotatable bonds is 14. The highest BCUT2D eigenvalue weighted by atomic mass is 15.4. The van der Waals surface area contributed by atoms with Gasteiger partial charge < -0.3 is 5.32 Å². The number of pyridine rings is 1. The zero-order valence-electron chi connectivity index (χ0n) is 18.6. The summed E-state index contributed by atoms with van der Waals surface area (Å²) in [6.07, 6.45) is 27.4. The molecule has 0 amide bonds. The number of unbranched alkanes of at least 4 members (excludes halogenated alkanes) is 9. The molecule has 0 aliphatic heterocycles. The van der Waals surface area contributed by atoms with E-state index in [1.165, 1.54) is 64.2 Å². The SMILES string of the molecule is CCCCCCCCCCCC[n+]1ccc(NCn2nnc3c2=CCC=CC=3)cc1. The van der Waals surface area contributed by atoms with Gasteiger partial charge in [0.2, 0.25) is 0 Å². The van der Waals surface area contributed by atoms with Gasteiger partial charge in [-0.25, -0.2) is 9.25 Å². The van der Waals surface area contributed by atoms with Crippen molar-refractivity contribution >= 4 is 17.8 Å². The first-order valence-electron chi connectivity index (χ1n) is 11.9. The van der Waals surface area contributed by atoms with Gasteiger partial charge in [0, 0.05) is 24.2 Å². The predicted octanol–water partition coefficient (Wildman–Crippen LogP) is 4.08. The van der Waals surface area contributed by atoms with Crippen LogP contribution in [0.2, 0.25) is 0 Å². The molecular formula is C25H38N5+. The summed E-state index contributed by atoms with van der Waals surface area (Å²) in [5, 5.41) is 14.0. The van der Waals surface area contributed by atoms with Gasteiger partial charge in [0.15, 0.2) is 12.4 Å². The van der Waals surface area contributed by atoms with Gasteiger partial charge >= 0.3 is 0 Å². The Labute approximate surface area is 181 Å². The van der Waals surface area contributed by atoms with Gasteiger partial charge in [-0.3, -0.25) is 0 Å². The van der Waals surface area contributed by atoms with E-state index in [1.807, 2.05) is 16.8 Å². The Hall–Kier alpha value is -2.43. The Morgan fingerprint density at radius 2 is 1.67 bits per heavy atom. The van der Waals surface area contributed by atoms with Crippen molar-refractivity contribution in [1.29, 1.82) is 0 Å². The zero-order chi connectivity index (χ0) is 20.9. The minimum absolute atomic E-state index is 0.620. The molecule has 162 valence electrons. The van der Waals surface area contributed by atoms with Crippen LogP contribution in [0.1, 0.15) is 77.6 Å². The van der Waals surface area contributed by atoms with Gasteiger partial charge in [0.05, 0.1) is 5.35 Å². The molecule has 0 atom stereocenters. The summed E-state index contributed by atoms with van der Waals surface area (Å²) in [7, 11) is 0. The van der Waals surface area contributed by atoms with Crippen LogP contribution < -0.4 is 20.6 Å². The van der Waals surface area contributed by atoms with Crippen LogP contribution in [-0.4, -0.2) is 15.0 Å². The van der Waals surface area contributed by atoms with Crippen LogP contribution in [0.4, 0.5) is 5.69 Å². The predicted molar refractivity (Wildman–Crippen MR) is 124 cm³/mol. The van der Waals surface area contributed by atoms with E-state index in [9.17, 15) is 0 Å². The molecule has 30 heavy (non-hydrogen) atoms. The van der Waals surface area contributed by atoms with Crippen molar-refractivity contribution in [2.75, 3.05) is 5.32 Å². The fourth-order valence-corrected chi connectivity index (χ4v) is 3.87. The first-order valence-corrected chi connectivity index (χ1v) is 11.9. The fraction of sp³-hybridized carbons (Fsp3) is 0.560. The van der Waals surface area contributed by atoms with E-state index in [1.54, 1.807) is 0 Å². The van der Waals surface area contributed by atoms with Crippen LogP contribution in [-0.2, 0) is 13.2 Å². The molecule has 2 aromatic heterocycles. The third kappa shape index (κ3) is 7.43. The first kappa shape index (κ1) is 22.3. The zero-order valence-corrected chi connectivity index (χ0v) is 18.6. The quantitative estimate of drug-likeness (QED) is 0.378. The molecule has 0 unspecified atom stereocenters. The number of anilines is 1. The number of nitrogens with zero attached hydrogens (tertiary/aromatic N) is 4. The second kappa shape index (κ2) is 13.0. The monoisotopic (exact) mass is 408 g/mol. The van der Waals surface area contributed by atoms with Crippen LogP contribution in [0.25, 0.3) is 12.2 Å². The molecule has 0 saturated heterocycles. The number of hydrogen-bond donors (Lipinski definition) is 1. The normalized spacial score (nSPS) is 12.7. The lowest BCUT2D eigenvalue weighted by Crippen LogP contribution is -2.33. The van der Waals surface area contributed by atoms with E-state index in [-0.39, 0.29) is 0 Å². The Morgan fingerprint density at radius 1 is 0.967 bits per heavy atom. The van der Waals surface area contributed by atoms with Crippen molar-refractivity contribution in [3.8, 4) is 0 Å². The highest BCUT2D eigenvalue weighted by molar-refractivity contribution is 5.41. The van der Waals surface area contributed by atoms with Crippen LogP contribution >= 0.6 is 0 Å². The lowest BCUT2D eigenvalue weighted by molar-refractivity contribution is -0.697. The van der Waals surface area contributed by atoms with Crippen LogP contribution in [0.15, 0.2) is 36.7 Å². The van der Waals surface area contributed by atoms with Crippen molar-refractivity contribution in [2.24, 2.45) is 0 Å². The lowest BCUT2D eigenvalue weighted by Gasteiger charge is -2.06. The highest BCUT2D eigenvalue weighted by Crippen LogP contribution is 2.10. The summed E-state index contributed by atoms with van der Waals surface area (Å²) in [5.74, 6) is 0. The number of fused-ring (bicyclic) bond motifs is 1. The van der Waals surface area contributed by atoms with E-state index in [0.29, 0.717) is 6.67 Å². The molecule has 1 aliphatic carbocycles. The Kier molecular flexibility index (Phi) is 9.64. The highest BCUT2D eigenvalue weighted by Gasteiger charge is 2.03. The Bertz CT molecular complexity index is 879. The van der Waals surface area contributed by atoms with Crippen molar-refractivity contribution in [1.82, 2.24) is 15.0 Å². The molecule has 0 spiro atoms. The molecular weight excluding hydrogens is 370 g/mol. The molecule has 5 nitrogen and oxygen atoms in total. The molecule has 0 aromatic carbocycles. The molecule has 1 aliphatic rings. The topological polar surface area (TPSA) is 46.6 Å². The molecule has 2 heterocycles. The Balaban J connectivity index is 1.31. The minimum atomic E-state index is 0.620. The molecule has 0 bridgehead atoms. The van der Waals surface area contributed by atoms with E-state index >= 15 is 0 Å². The molecule has 0 fully saturated rings. The molecule has 2 aromatic rings. The molecule has 5 heteroatoms. The summed E-state index contributed by atoms with van der Waals surface area (Å²) >= 11 is 0. The van der Waals surface area contributed by atoms with E-state index in [4.69, 9.17) is 0 Å². The average molecular weight is 409 g/mol. The van der Waals surface area contributed by atoms with E-state index < -0.39 is 0 Å². The Morgan fingerprint density at radius 3 is 2.40 bits per heavy atom. The van der Waals surface area contributed by atoms with Crippen molar-refractivity contribution in [2.45, 2.75) is 90.8 Å². The van der Waals surface area contributed by atoms with Crippen molar-refractivity contribution in [3.05, 3.63) is 47.4 Å². The van der Waals surface area contributed by atoms with E-state index in [2.05, 4.69) is 63.8 Å². The van der Waals surface area contributed by atoms with E-state index in [0.717, 1.165) is 29.4 Å². The van der Waals surface area contributed by atoms with Crippen LogP contribution in [0.3, 0.4) is 0 Å². The number of allylic oxidation sites excluding steroid dienone is 2. The van der Waals surface area contributed by atoms with Gasteiger partial charge in [-0.1, -0.05) is 81.7 Å². The van der Waals surface area contributed by atoms with Crippen molar-refractivity contribution in [3.63, 3.8) is 0 Å². The van der Waals surface area contributed by atoms with Gasteiger partial charge in [0.25, 0.3) is 0 Å². The maximum Gasteiger partial charge on any atom is 0.170 e. The van der Waals surface area contributed by atoms with Crippen molar-refractivity contribution < 1.29 is 4.57 Å². The second-order valence-corrected chi connectivity index (χ2v) is 8.24. The molecule has 0 radical (unpaired) electrons. The number of aryl methyl sites for hydroxylation is 1. The third-order valence-electron chi connectivity index (χ3n) is 5.73. The summed E-state index contributed by atoms with van der Waals surface area (Å²) in [6, 6.07) is 4.28.